The summed E-state index contributed by atoms with van der Waals surface area (Å²) in [5.41, 5.74) is 2.42. The molecule has 0 saturated carbocycles. The second-order valence-corrected chi connectivity index (χ2v) is 9.90. The van der Waals surface area contributed by atoms with E-state index in [0.717, 1.165) is 34.6 Å². The van der Waals surface area contributed by atoms with Gasteiger partial charge in [-0.05, 0) is 43.4 Å². The van der Waals surface area contributed by atoms with E-state index in [1.807, 2.05) is 61.7 Å². The first-order valence-corrected chi connectivity index (χ1v) is 12.4. The second kappa shape index (κ2) is 8.05. The van der Waals surface area contributed by atoms with Gasteiger partial charge in [0.25, 0.3) is 0 Å². The zero-order chi connectivity index (χ0) is 22.5. The number of nitrogens with zero attached hydrogens (tertiary/aromatic N) is 1. The standard InChI is InChI=1S/C25H27N3O3S/c1-15-8-9-18-17(14-15)25(24(31)26-18)21-20(19(27-25)11-13-32-2)22(29)28(23(21)30)12-10-16-6-4-3-5-7-16/h3-9,14,19-21,27H,10-13H2,1-2H3,(H,26,31)/t19-,20+,21+,25-/m0/s1. The number of anilines is 1. The number of benzene rings is 2. The fourth-order valence-electron chi connectivity index (χ4n) is 5.57. The Balaban J connectivity index is 1.53. The number of fused-ring (bicyclic) bond motifs is 4. The van der Waals surface area contributed by atoms with Crippen molar-refractivity contribution in [1.29, 1.82) is 0 Å². The Morgan fingerprint density at radius 2 is 1.84 bits per heavy atom. The van der Waals surface area contributed by atoms with Crippen molar-refractivity contribution < 1.29 is 14.4 Å². The molecule has 0 aliphatic carbocycles. The third kappa shape index (κ3) is 3.10. The van der Waals surface area contributed by atoms with E-state index in [1.165, 1.54) is 4.90 Å². The van der Waals surface area contributed by atoms with E-state index in [4.69, 9.17) is 0 Å². The Labute approximate surface area is 192 Å². The topological polar surface area (TPSA) is 78.5 Å². The molecule has 3 amide bonds. The van der Waals surface area contributed by atoms with Gasteiger partial charge >= 0.3 is 0 Å². The lowest BCUT2D eigenvalue weighted by Gasteiger charge is -2.29. The number of nitrogens with one attached hydrogen (secondary N) is 2. The SMILES string of the molecule is CSCC[C@@H]1N[C@]2(C(=O)Nc3ccc(C)cc32)[C@H]2C(=O)N(CCc3ccccc3)C(=O)[C@H]12. The van der Waals surface area contributed by atoms with Crippen LogP contribution in [-0.4, -0.2) is 47.2 Å². The first-order valence-electron chi connectivity index (χ1n) is 11.1. The molecule has 0 unspecified atom stereocenters. The van der Waals surface area contributed by atoms with Crippen LogP contribution in [0.5, 0.6) is 0 Å². The molecule has 0 aromatic heterocycles. The van der Waals surface area contributed by atoms with Gasteiger partial charge in [-0.25, -0.2) is 0 Å². The lowest BCUT2D eigenvalue weighted by atomic mass is 9.76. The van der Waals surface area contributed by atoms with Crippen LogP contribution in [-0.2, 0) is 26.3 Å². The van der Waals surface area contributed by atoms with Crippen molar-refractivity contribution in [2.24, 2.45) is 11.8 Å². The van der Waals surface area contributed by atoms with Crippen LogP contribution in [0.1, 0.15) is 23.1 Å². The molecular formula is C25H27N3O3S. The van der Waals surface area contributed by atoms with Crippen LogP contribution in [0.15, 0.2) is 48.5 Å². The zero-order valence-corrected chi connectivity index (χ0v) is 19.1. The number of carbonyl (C=O) groups excluding carboxylic acids is 3. The number of aryl methyl sites for hydroxylation is 1. The average molecular weight is 450 g/mol. The second-order valence-electron chi connectivity index (χ2n) is 8.91. The van der Waals surface area contributed by atoms with E-state index in [0.29, 0.717) is 13.0 Å². The molecule has 2 N–H and O–H groups in total. The predicted octanol–water partition coefficient (Wildman–Crippen LogP) is 2.71. The van der Waals surface area contributed by atoms with Crippen LogP contribution in [0.25, 0.3) is 0 Å². The van der Waals surface area contributed by atoms with E-state index in [1.54, 1.807) is 11.8 Å². The van der Waals surface area contributed by atoms with Gasteiger partial charge in [-0.1, -0.05) is 48.0 Å². The molecule has 2 aromatic carbocycles. The highest BCUT2D eigenvalue weighted by Crippen LogP contribution is 2.53. The number of amides is 3. The highest BCUT2D eigenvalue weighted by molar-refractivity contribution is 7.98. The van der Waals surface area contributed by atoms with Gasteiger partial charge in [0.05, 0.1) is 11.8 Å². The number of likely N-dealkylation sites (tertiary alicyclic amines) is 1. The zero-order valence-electron chi connectivity index (χ0n) is 18.3. The Hall–Kier alpha value is -2.64. The molecule has 0 bridgehead atoms. The van der Waals surface area contributed by atoms with Crippen LogP contribution in [0.2, 0.25) is 0 Å². The highest BCUT2D eigenvalue weighted by Gasteiger charge is 2.70. The summed E-state index contributed by atoms with van der Waals surface area (Å²) in [7, 11) is 0. The molecule has 3 aliphatic rings. The van der Waals surface area contributed by atoms with Crippen LogP contribution >= 0.6 is 11.8 Å². The van der Waals surface area contributed by atoms with E-state index in [9.17, 15) is 14.4 Å². The normalized spacial score (nSPS) is 28.4. The van der Waals surface area contributed by atoms with Gasteiger partial charge in [-0.15, -0.1) is 0 Å². The van der Waals surface area contributed by atoms with Gasteiger partial charge in [-0.2, -0.15) is 11.8 Å². The van der Waals surface area contributed by atoms with Gasteiger partial charge in [0.2, 0.25) is 17.7 Å². The first kappa shape index (κ1) is 21.2. The Bertz CT molecular complexity index is 1090. The highest BCUT2D eigenvalue weighted by atomic mass is 32.2. The minimum Gasteiger partial charge on any atom is -0.324 e. The van der Waals surface area contributed by atoms with Crippen LogP contribution < -0.4 is 10.6 Å². The van der Waals surface area contributed by atoms with E-state index in [2.05, 4.69) is 10.6 Å². The van der Waals surface area contributed by atoms with Crippen molar-refractivity contribution in [3.8, 4) is 0 Å². The summed E-state index contributed by atoms with van der Waals surface area (Å²) in [4.78, 5) is 42.1. The molecule has 3 aliphatic heterocycles. The summed E-state index contributed by atoms with van der Waals surface area (Å²) in [5, 5.41) is 6.46. The summed E-state index contributed by atoms with van der Waals surface area (Å²) in [6.07, 6.45) is 3.36. The van der Waals surface area contributed by atoms with Gasteiger partial charge in [0.15, 0.2) is 0 Å². The minimum atomic E-state index is -1.19. The van der Waals surface area contributed by atoms with Gasteiger partial charge < -0.3 is 5.32 Å². The molecular weight excluding hydrogens is 422 g/mol. The van der Waals surface area contributed by atoms with Crippen molar-refractivity contribution in [3.63, 3.8) is 0 Å². The summed E-state index contributed by atoms with van der Waals surface area (Å²) in [6, 6.07) is 15.4. The number of hydrogen-bond donors (Lipinski definition) is 2. The summed E-state index contributed by atoms with van der Waals surface area (Å²) in [6.45, 7) is 2.31. The minimum absolute atomic E-state index is 0.152. The molecule has 166 valence electrons. The lowest BCUT2D eigenvalue weighted by molar-refractivity contribution is -0.142. The maximum Gasteiger partial charge on any atom is 0.250 e. The molecule has 2 fully saturated rings. The Kier molecular flexibility index (Phi) is 5.34. The molecule has 2 aromatic rings. The number of rotatable bonds is 6. The Morgan fingerprint density at radius 3 is 2.59 bits per heavy atom. The Morgan fingerprint density at radius 1 is 1.06 bits per heavy atom. The molecule has 5 rings (SSSR count). The van der Waals surface area contributed by atoms with Crippen molar-refractivity contribution in [1.82, 2.24) is 10.2 Å². The molecule has 2 saturated heterocycles. The summed E-state index contributed by atoms with van der Waals surface area (Å²) >= 11 is 1.70. The number of hydrogen-bond acceptors (Lipinski definition) is 5. The number of imide groups is 1. The van der Waals surface area contributed by atoms with E-state index in [-0.39, 0.29) is 23.8 Å². The first-order chi connectivity index (χ1) is 15.5. The summed E-state index contributed by atoms with van der Waals surface area (Å²) in [5.74, 6) is -1.01. The molecule has 6 nitrogen and oxygen atoms in total. The van der Waals surface area contributed by atoms with Gasteiger partial charge in [0, 0.05) is 23.8 Å². The molecule has 32 heavy (non-hydrogen) atoms. The maximum atomic E-state index is 13.7. The fourth-order valence-corrected chi connectivity index (χ4v) is 6.06. The largest absolute Gasteiger partial charge is 0.324 e. The van der Waals surface area contributed by atoms with Crippen molar-refractivity contribution >= 4 is 35.2 Å². The fraction of sp³-hybridized carbons (Fsp3) is 0.400. The molecule has 4 atom stereocenters. The number of thioether (sulfide) groups is 1. The van der Waals surface area contributed by atoms with E-state index < -0.39 is 17.4 Å². The van der Waals surface area contributed by atoms with Crippen LogP contribution in [0.3, 0.4) is 0 Å². The predicted molar refractivity (Wildman–Crippen MR) is 125 cm³/mol. The van der Waals surface area contributed by atoms with Gasteiger partial charge in [-0.3, -0.25) is 24.6 Å². The van der Waals surface area contributed by atoms with E-state index >= 15 is 0 Å². The monoisotopic (exact) mass is 449 g/mol. The molecule has 7 heteroatoms. The quantitative estimate of drug-likeness (QED) is 0.663. The lowest BCUT2D eigenvalue weighted by Crippen LogP contribution is -2.53. The van der Waals surface area contributed by atoms with Gasteiger partial charge in [0.1, 0.15) is 5.54 Å². The average Bonchev–Trinajstić information content (AvgIpc) is 3.37. The molecule has 3 heterocycles. The number of carbonyl (C=O) groups is 3. The third-order valence-electron chi connectivity index (χ3n) is 7.06. The molecule has 1 spiro atoms. The van der Waals surface area contributed by atoms with Crippen LogP contribution in [0, 0.1) is 18.8 Å². The van der Waals surface area contributed by atoms with Crippen molar-refractivity contribution in [2.75, 3.05) is 23.9 Å². The third-order valence-corrected chi connectivity index (χ3v) is 7.71. The van der Waals surface area contributed by atoms with Crippen LogP contribution in [0.4, 0.5) is 5.69 Å². The summed E-state index contributed by atoms with van der Waals surface area (Å²) < 4.78 is 0. The molecule has 0 radical (unpaired) electrons. The smallest absolute Gasteiger partial charge is 0.250 e. The maximum absolute atomic E-state index is 13.7. The van der Waals surface area contributed by atoms with Crippen molar-refractivity contribution in [2.45, 2.75) is 31.3 Å². The van der Waals surface area contributed by atoms with Crippen molar-refractivity contribution in [3.05, 3.63) is 65.2 Å².